The summed E-state index contributed by atoms with van der Waals surface area (Å²) in [4.78, 5) is 0. The maximum Gasteiger partial charge on any atom is 0.0263 e. The van der Waals surface area contributed by atoms with Crippen molar-refractivity contribution in [1.82, 2.24) is 0 Å². The molecule has 0 radical (unpaired) electrons. The van der Waals surface area contributed by atoms with E-state index in [-0.39, 0.29) is 0 Å². The highest BCUT2D eigenvalue weighted by Crippen LogP contribution is 2.20. The fourth-order valence-electron chi connectivity index (χ4n) is 1.26. The third-order valence-electron chi connectivity index (χ3n) is 2.26. The monoisotopic (exact) mass is 196 g/mol. The van der Waals surface area contributed by atoms with E-state index >= 15 is 0 Å². The predicted molar refractivity (Wildman–Crippen MR) is 53.6 cm³/mol. The van der Waals surface area contributed by atoms with Crippen molar-refractivity contribution in [1.29, 1.82) is 0 Å². The first kappa shape index (κ1) is 11.6. The molecule has 0 rings (SSSR count). The number of rotatable bonds is 6. The zero-order valence-electron chi connectivity index (χ0n) is 7.45. The van der Waals surface area contributed by atoms with E-state index in [1.165, 1.54) is 19.3 Å². The molecule has 0 nitrogen and oxygen atoms in total. The van der Waals surface area contributed by atoms with Gasteiger partial charge in [0.05, 0.1) is 0 Å². The van der Waals surface area contributed by atoms with Gasteiger partial charge in [-0.3, -0.25) is 0 Å². The fourth-order valence-corrected chi connectivity index (χ4v) is 1.84. The summed E-state index contributed by atoms with van der Waals surface area (Å²) in [6.45, 7) is 4.46. The highest BCUT2D eigenvalue weighted by Gasteiger charge is 2.11. The van der Waals surface area contributed by atoms with Gasteiger partial charge >= 0.3 is 0 Å². The van der Waals surface area contributed by atoms with Crippen molar-refractivity contribution in [2.75, 3.05) is 11.8 Å². The van der Waals surface area contributed by atoms with Crippen LogP contribution in [-0.4, -0.2) is 11.8 Å². The van der Waals surface area contributed by atoms with Gasteiger partial charge in [0.15, 0.2) is 0 Å². The molecule has 0 N–H and O–H groups in total. The Morgan fingerprint density at radius 1 is 0.909 bits per heavy atom. The lowest BCUT2D eigenvalue weighted by Crippen LogP contribution is -2.10. The van der Waals surface area contributed by atoms with Gasteiger partial charge in [-0.1, -0.05) is 26.7 Å². The largest absolute Gasteiger partial charge is 0.126 e. The van der Waals surface area contributed by atoms with Crippen molar-refractivity contribution in [2.45, 2.75) is 33.1 Å². The van der Waals surface area contributed by atoms with Gasteiger partial charge in [0.2, 0.25) is 0 Å². The van der Waals surface area contributed by atoms with Crippen molar-refractivity contribution in [3.05, 3.63) is 0 Å². The molecule has 0 bridgehead atoms. The Balaban J connectivity index is 3.58. The van der Waals surface area contributed by atoms with Crippen LogP contribution in [0.15, 0.2) is 0 Å². The highest BCUT2D eigenvalue weighted by atomic mass is 35.5. The third-order valence-corrected chi connectivity index (χ3v) is 3.13. The van der Waals surface area contributed by atoms with E-state index in [1.807, 2.05) is 0 Å². The van der Waals surface area contributed by atoms with Crippen molar-refractivity contribution in [3.8, 4) is 0 Å². The predicted octanol–water partition coefficient (Wildman–Crippen LogP) is 3.91. The second-order valence-electron chi connectivity index (χ2n) is 3.09. The Hall–Kier alpha value is 0.580. The van der Waals surface area contributed by atoms with E-state index in [2.05, 4.69) is 13.8 Å². The van der Waals surface area contributed by atoms with Gasteiger partial charge in [-0.25, -0.2) is 0 Å². The molecule has 0 fully saturated rings. The van der Waals surface area contributed by atoms with Crippen molar-refractivity contribution in [2.24, 2.45) is 11.8 Å². The van der Waals surface area contributed by atoms with E-state index in [1.54, 1.807) is 0 Å². The molecule has 0 aromatic carbocycles. The summed E-state index contributed by atoms with van der Waals surface area (Å²) in [6, 6.07) is 0. The van der Waals surface area contributed by atoms with Crippen LogP contribution in [0.25, 0.3) is 0 Å². The van der Waals surface area contributed by atoms with Gasteiger partial charge in [-0.15, -0.1) is 23.2 Å². The Kier molecular flexibility index (Phi) is 7.62. The second-order valence-corrected chi connectivity index (χ2v) is 3.71. The molecule has 0 saturated heterocycles. The number of halogens is 2. The molecule has 68 valence electrons. The van der Waals surface area contributed by atoms with Gasteiger partial charge in [-0.05, 0) is 18.3 Å². The lowest BCUT2D eigenvalue weighted by atomic mass is 9.93. The molecule has 0 aromatic rings. The smallest absolute Gasteiger partial charge is 0.0263 e. The molecule has 0 heterocycles. The van der Waals surface area contributed by atoms with Crippen LogP contribution in [0, 0.1) is 11.8 Å². The average molecular weight is 197 g/mol. The molecule has 0 aliphatic rings. The Bertz CT molecular complexity index is 65.6. The minimum absolute atomic E-state index is 0.517. The lowest BCUT2D eigenvalue weighted by molar-refractivity contribution is 0.393. The second kappa shape index (κ2) is 7.24. The van der Waals surface area contributed by atoms with Gasteiger partial charge in [0.25, 0.3) is 0 Å². The quantitative estimate of drug-likeness (QED) is 0.566. The van der Waals surface area contributed by atoms with E-state index < -0.39 is 0 Å². The van der Waals surface area contributed by atoms with Crippen LogP contribution in [-0.2, 0) is 0 Å². The molecule has 0 amide bonds. The van der Waals surface area contributed by atoms with E-state index in [0.717, 1.165) is 5.92 Å². The van der Waals surface area contributed by atoms with Crippen LogP contribution in [0.4, 0.5) is 0 Å². The highest BCUT2D eigenvalue weighted by molar-refractivity contribution is 6.20. The van der Waals surface area contributed by atoms with E-state index in [9.17, 15) is 0 Å². The van der Waals surface area contributed by atoms with Gasteiger partial charge in [0, 0.05) is 11.8 Å². The van der Waals surface area contributed by atoms with Gasteiger partial charge in [-0.2, -0.15) is 0 Å². The van der Waals surface area contributed by atoms with Crippen LogP contribution in [0.1, 0.15) is 33.1 Å². The lowest BCUT2D eigenvalue weighted by Gasteiger charge is -2.17. The summed E-state index contributed by atoms with van der Waals surface area (Å²) in [5, 5.41) is 0. The average Bonchev–Trinajstić information content (AvgIpc) is 2.07. The van der Waals surface area contributed by atoms with Crippen molar-refractivity contribution >= 4 is 23.2 Å². The van der Waals surface area contributed by atoms with Crippen LogP contribution in [0.5, 0.6) is 0 Å². The van der Waals surface area contributed by atoms with E-state index in [0.29, 0.717) is 17.7 Å². The molecule has 0 saturated carbocycles. The zero-order valence-corrected chi connectivity index (χ0v) is 8.96. The van der Waals surface area contributed by atoms with Gasteiger partial charge in [0.1, 0.15) is 0 Å². The Morgan fingerprint density at radius 2 is 1.36 bits per heavy atom. The fraction of sp³-hybridized carbons (Fsp3) is 1.00. The first-order valence-corrected chi connectivity index (χ1v) is 5.47. The first-order valence-electron chi connectivity index (χ1n) is 4.40. The Labute approximate surface area is 80.3 Å². The maximum absolute atomic E-state index is 5.74. The van der Waals surface area contributed by atoms with Crippen LogP contribution >= 0.6 is 23.2 Å². The summed E-state index contributed by atoms with van der Waals surface area (Å²) >= 11 is 11.5. The standard InChI is InChI=1S/C9H18Cl2/c1-3-8(4-2)5-9(6-10)7-11/h8-9H,3-7H2,1-2H3. The minimum Gasteiger partial charge on any atom is -0.126 e. The van der Waals surface area contributed by atoms with E-state index in [4.69, 9.17) is 23.2 Å². The maximum atomic E-state index is 5.74. The molecule has 0 spiro atoms. The third kappa shape index (κ3) is 4.92. The minimum atomic E-state index is 0.517. The number of alkyl halides is 2. The molecule has 2 heteroatoms. The summed E-state index contributed by atoms with van der Waals surface area (Å²) in [5.41, 5.74) is 0. The summed E-state index contributed by atoms with van der Waals surface area (Å²) in [7, 11) is 0. The normalized spacial score (nSPS) is 11.5. The Morgan fingerprint density at radius 3 is 1.64 bits per heavy atom. The SMILES string of the molecule is CCC(CC)CC(CCl)CCl. The summed E-state index contributed by atoms with van der Waals surface area (Å²) in [5.74, 6) is 2.75. The van der Waals surface area contributed by atoms with Crippen LogP contribution in [0.2, 0.25) is 0 Å². The first-order chi connectivity index (χ1) is 5.28. The zero-order chi connectivity index (χ0) is 8.69. The molecule has 0 aromatic heterocycles. The number of hydrogen-bond acceptors (Lipinski definition) is 0. The van der Waals surface area contributed by atoms with Gasteiger partial charge < -0.3 is 0 Å². The topological polar surface area (TPSA) is 0 Å². The van der Waals surface area contributed by atoms with Crippen LogP contribution < -0.4 is 0 Å². The number of hydrogen-bond donors (Lipinski definition) is 0. The molecule has 0 atom stereocenters. The molecule has 0 aliphatic heterocycles. The summed E-state index contributed by atoms with van der Waals surface area (Å²) in [6.07, 6.45) is 3.70. The molecular formula is C9H18Cl2. The molecule has 0 unspecified atom stereocenters. The molecular weight excluding hydrogens is 179 g/mol. The molecule has 11 heavy (non-hydrogen) atoms. The van der Waals surface area contributed by atoms with Crippen molar-refractivity contribution < 1.29 is 0 Å². The van der Waals surface area contributed by atoms with Crippen molar-refractivity contribution in [3.63, 3.8) is 0 Å². The summed E-state index contributed by atoms with van der Waals surface area (Å²) < 4.78 is 0. The van der Waals surface area contributed by atoms with Crippen LogP contribution in [0.3, 0.4) is 0 Å². The molecule has 0 aliphatic carbocycles.